The van der Waals surface area contributed by atoms with Gasteiger partial charge in [0.2, 0.25) is 0 Å². The zero-order valence-corrected chi connectivity index (χ0v) is 15.7. The highest BCUT2D eigenvalue weighted by Gasteiger charge is 2.19. The molecule has 0 fully saturated rings. The van der Waals surface area contributed by atoms with Crippen LogP contribution in [0.5, 0.6) is 5.75 Å². The van der Waals surface area contributed by atoms with Crippen molar-refractivity contribution in [2.24, 2.45) is 0 Å². The van der Waals surface area contributed by atoms with Crippen LogP contribution in [-0.2, 0) is 0 Å². The summed E-state index contributed by atoms with van der Waals surface area (Å²) in [5.74, 6) is -0.248. The molecule has 0 atom stereocenters. The number of ether oxygens (including phenoxy) is 1. The van der Waals surface area contributed by atoms with Gasteiger partial charge in [0.05, 0.1) is 12.2 Å². The van der Waals surface area contributed by atoms with Crippen LogP contribution in [0.2, 0.25) is 0 Å². The van der Waals surface area contributed by atoms with Gasteiger partial charge in [-0.1, -0.05) is 0 Å². The number of aromatic nitrogens is 1. The van der Waals surface area contributed by atoms with Gasteiger partial charge in [-0.25, -0.2) is 13.8 Å². The number of rotatable bonds is 6. The Bertz CT molecular complexity index is 924. The molecule has 0 radical (unpaired) electrons. The molecule has 4 nitrogen and oxygen atoms in total. The Balaban J connectivity index is 1.62. The van der Waals surface area contributed by atoms with Crippen LogP contribution >= 0.6 is 11.3 Å². The number of thiazole rings is 1. The van der Waals surface area contributed by atoms with E-state index in [2.05, 4.69) is 4.98 Å². The number of nitrogens with zero attached hydrogens (tertiary/aromatic N) is 2. The molecule has 140 valence electrons. The second-order valence-electron chi connectivity index (χ2n) is 5.97. The van der Waals surface area contributed by atoms with Crippen molar-refractivity contribution in [2.45, 2.75) is 6.92 Å². The average Bonchev–Trinajstić information content (AvgIpc) is 3.05. The summed E-state index contributed by atoms with van der Waals surface area (Å²) in [4.78, 5) is 19.2. The van der Waals surface area contributed by atoms with Crippen LogP contribution in [0.25, 0.3) is 10.6 Å². The molecule has 0 spiro atoms. The minimum atomic E-state index is -0.327. The minimum Gasteiger partial charge on any atom is -0.492 e. The SMILES string of the molecule is Cc1nc(-c2ccc(F)cc2)sc1C(=O)N(C)CCOc1ccc(F)cc1. The Labute approximate surface area is 160 Å². The Morgan fingerprint density at radius 1 is 1.07 bits per heavy atom. The summed E-state index contributed by atoms with van der Waals surface area (Å²) in [5, 5.41) is 0.673. The fraction of sp³-hybridized carbons (Fsp3) is 0.200. The third-order valence-corrected chi connectivity index (χ3v) is 5.13. The highest BCUT2D eigenvalue weighted by atomic mass is 32.1. The summed E-state index contributed by atoms with van der Waals surface area (Å²) in [6.45, 7) is 2.44. The topological polar surface area (TPSA) is 42.4 Å². The zero-order valence-electron chi connectivity index (χ0n) is 14.9. The summed E-state index contributed by atoms with van der Waals surface area (Å²) < 4.78 is 31.5. The summed E-state index contributed by atoms with van der Waals surface area (Å²) in [7, 11) is 1.69. The van der Waals surface area contributed by atoms with Crippen molar-refractivity contribution >= 4 is 17.2 Å². The van der Waals surface area contributed by atoms with Gasteiger partial charge in [-0.05, 0) is 55.5 Å². The van der Waals surface area contributed by atoms with Crippen molar-refractivity contribution in [1.82, 2.24) is 9.88 Å². The molecule has 0 aliphatic rings. The highest BCUT2D eigenvalue weighted by Crippen LogP contribution is 2.28. The number of aryl methyl sites for hydroxylation is 1. The first kappa shape index (κ1) is 19.0. The van der Waals surface area contributed by atoms with Gasteiger partial charge in [-0.15, -0.1) is 11.3 Å². The van der Waals surface area contributed by atoms with Crippen molar-refractivity contribution in [3.05, 3.63) is 70.7 Å². The van der Waals surface area contributed by atoms with Crippen molar-refractivity contribution in [3.8, 4) is 16.3 Å². The Morgan fingerprint density at radius 3 is 2.30 bits per heavy atom. The van der Waals surface area contributed by atoms with E-state index >= 15 is 0 Å². The molecule has 2 aromatic carbocycles. The molecule has 0 aliphatic carbocycles. The number of hydrogen-bond donors (Lipinski definition) is 0. The molecular formula is C20H18F2N2O2S. The highest BCUT2D eigenvalue weighted by molar-refractivity contribution is 7.17. The lowest BCUT2D eigenvalue weighted by atomic mass is 10.2. The minimum absolute atomic E-state index is 0.152. The lowest BCUT2D eigenvalue weighted by molar-refractivity contribution is 0.0777. The maximum Gasteiger partial charge on any atom is 0.265 e. The molecule has 0 N–H and O–H groups in total. The first-order chi connectivity index (χ1) is 12.9. The molecule has 0 bridgehead atoms. The van der Waals surface area contributed by atoms with Crippen LogP contribution in [0.3, 0.4) is 0 Å². The lowest BCUT2D eigenvalue weighted by Gasteiger charge is -2.17. The van der Waals surface area contributed by atoms with E-state index in [0.717, 1.165) is 5.56 Å². The molecule has 1 amide bonds. The van der Waals surface area contributed by atoms with Gasteiger partial charge in [0.1, 0.15) is 33.9 Å². The van der Waals surface area contributed by atoms with E-state index in [1.165, 1.54) is 35.6 Å². The van der Waals surface area contributed by atoms with Gasteiger partial charge in [0.25, 0.3) is 5.91 Å². The largest absolute Gasteiger partial charge is 0.492 e. The van der Waals surface area contributed by atoms with Crippen molar-refractivity contribution < 1.29 is 18.3 Å². The Hall–Kier alpha value is -2.80. The molecule has 3 rings (SSSR count). The molecule has 0 saturated heterocycles. The molecule has 1 heterocycles. The zero-order chi connectivity index (χ0) is 19.4. The number of carbonyl (C=O) groups excluding carboxylic acids is 1. The Morgan fingerprint density at radius 2 is 1.67 bits per heavy atom. The smallest absolute Gasteiger partial charge is 0.265 e. The second kappa shape index (κ2) is 8.26. The van der Waals surface area contributed by atoms with Gasteiger partial charge in [0, 0.05) is 12.6 Å². The van der Waals surface area contributed by atoms with Crippen molar-refractivity contribution in [3.63, 3.8) is 0 Å². The number of carbonyl (C=O) groups is 1. The van der Waals surface area contributed by atoms with Gasteiger partial charge in [-0.2, -0.15) is 0 Å². The summed E-state index contributed by atoms with van der Waals surface area (Å²) >= 11 is 1.28. The quantitative estimate of drug-likeness (QED) is 0.622. The van der Waals surface area contributed by atoms with Crippen LogP contribution in [0.1, 0.15) is 15.4 Å². The van der Waals surface area contributed by atoms with Gasteiger partial charge in [-0.3, -0.25) is 4.79 Å². The third kappa shape index (κ3) is 4.68. The molecule has 0 aliphatic heterocycles. The first-order valence-corrected chi connectivity index (χ1v) is 9.13. The fourth-order valence-electron chi connectivity index (χ4n) is 2.42. The van der Waals surface area contributed by atoms with Crippen molar-refractivity contribution in [1.29, 1.82) is 0 Å². The summed E-state index contributed by atoms with van der Waals surface area (Å²) in [6, 6.07) is 11.7. The second-order valence-corrected chi connectivity index (χ2v) is 6.97. The molecular weight excluding hydrogens is 370 g/mol. The predicted molar refractivity (Wildman–Crippen MR) is 101 cm³/mol. The molecule has 0 saturated carbocycles. The van der Waals surface area contributed by atoms with Crippen LogP contribution in [0.4, 0.5) is 8.78 Å². The first-order valence-electron chi connectivity index (χ1n) is 8.31. The maximum absolute atomic E-state index is 13.1. The summed E-state index contributed by atoms with van der Waals surface area (Å²) in [6.07, 6.45) is 0. The lowest BCUT2D eigenvalue weighted by Crippen LogP contribution is -2.30. The fourth-order valence-corrected chi connectivity index (χ4v) is 3.48. The van der Waals surface area contributed by atoms with Gasteiger partial charge in [0.15, 0.2) is 0 Å². The van der Waals surface area contributed by atoms with E-state index in [1.54, 1.807) is 43.1 Å². The number of halogens is 2. The number of amides is 1. The molecule has 0 unspecified atom stereocenters. The van der Waals surface area contributed by atoms with E-state index in [-0.39, 0.29) is 24.1 Å². The van der Waals surface area contributed by atoms with Crippen LogP contribution < -0.4 is 4.74 Å². The van der Waals surface area contributed by atoms with Gasteiger partial charge < -0.3 is 9.64 Å². The molecule has 1 aromatic heterocycles. The Kier molecular flexibility index (Phi) is 5.81. The third-order valence-electron chi connectivity index (χ3n) is 3.94. The number of hydrogen-bond acceptors (Lipinski definition) is 4. The number of benzene rings is 2. The van der Waals surface area contributed by atoms with E-state index in [0.29, 0.717) is 27.9 Å². The predicted octanol–water partition coefficient (Wildman–Crippen LogP) is 4.55. The van der Waals surface area contributed by atoms with E-state index < -0.39 is 0 Å². The van der Waals surface area contributed by atoms with E-state index in [9.17, 15) is 13.6 Å². The van der Waals surface area contributed by atoms with Crippen LogP contribution in [-0.4, -0.2) is 36.0 Å². The van der Waals surface area contributed by atoms with Crippen LogP contribution in [0.15, 0.2) is 48.5 Å². The summed E-state index contributed by atoms with van der Waals surface area (Å²) in [5.41, 5.74) is 1.40. The normalized spacial score (nSPS) is 10.7. The monoisotopic (exact) mass is 388 g/mol. The molecule has 7 heteroatoms. The molecule has 3 aromatic rings. The number of likely N-dealkylation sites (N-methyl/N-ethyl adjacent to an activating group) is 1. The van der Waals surface area contributed by atoms with E-state index in [4.69, 9.17) is 4.74 Å². The molecule has 27 heavy (non-hydrogen) atoms. The van der Waals surface area contributed by atoms with Crippen LogP contribution in [0, 0.1) is 18.6 Å². The maximum atomic E-state index is 13.1. The van der Waals surface area contributed by atoms with Gasteiger partial charge >= 0.3 is 0 Å². The average molecular weight is 388 g/mol. The standard InChI is InChI=1S/C20H18F2N2O2S/c1-13-18(27-19(23-13)14-3-5-15(21)6-4-14)20(25)24(2)11-12-26-17-9-7-16(22)8-10-17/h3-10H,11-12H2,1-2H3. The van der Waals surface area contributed by atoms with E-state index in [1.807, 2.05) is 0 Å². The van der Waals surface area contributed by atoms with Crippen molar-refractivity contribution in [2.75, 3.05) is 20.2 Å².